The summed E-state index contributed by atoms with van der Waals surface area (Å²) in [6.07, 6.45) is 6.76. The van der Waals surface area contributed by atoms with Gasteiger partial charge in [0.2, 0.25) is 0 Å². The van der Waals surface area contributed by atoms with Crippen LogP contribution in [-0.2, 0) is 6.54 Å². The molecule has 4 heteroatoms. The van der Waals surface area contributed by atoms with Crippen molar-refractivity contribution in [3.8, 4) is 0 Å². The number of aryl methyl sites for hydroxylation is 1. The minimum atomic E-state index is -0.905. The van der Waals surface area contributed by atoms with Crippen LogP contribution in [0.4, 0.5) is 0 Å². The summed E-state index contributed by atoms with van der Waals surface area (Å²) in [4.78, 5) is 10.5. The lowest BCUT2D eigenvalue weighted by Crippen LogP contribution is -1.99. The van der Waals surface area contributed by atoms with Crippen molar-refractivity contribution in [1.29, 1.82) is 0 Å². The first kappa shape index (κ1) is 8.29. The predicted octanol–water partition coefficient (Wildman–Crippen LogP) is 1.38. The molecule has 4 nitrogen and oxygen atoms in total. The van der Waals surface area contributed by atoms with Crippen LogP contribution in [0.25, 0.3) is 0 Å². The topological polar surface area (TPSA) is 55.1 Å². The number of aromatic nitrogens is 2. The maximum Gasteiger partial charge on any atom is 0.338 e. The maximum absolute atomic E-state index is 10.5. The number of carboxylic acid groups (broad SMARTS) is 1. The summed E-state index contributed by atoms with van der Waals surface area (Å²) < 4.78 is 1.71. The molecule has 1 heterocycles. The minimum absolute atomic E-state index is 0.274. The average Bonchev–Trinajstić information content (AvgIpc) is 2.79. The van der Waals surface area contributed by atoms with E-state index in [1.54, 1.807) is 10.9 Å². The zero-order valence-electron chi connectivity index (χ0n) is 7.31. The van der Waals surface area contributed by atoms with Gasteiger partial charge in [0.25, 0.3) is 0 Å². The molecule has 1 fully saturated rings. The third-order valence-corrected chi connectivity index (χ3v) is 2.34. The highest BCUT2D eigenvalue weighted by atomic mass is 16.4. The van der Waals surface area contributed by atoms with Crippen LogP contribution in [0, 0.1) is 5.92 Å². The highest BCUT2D eigenvalue weighted by Gasteiger charge is 2.20. The van der Waals surface area contributed by atoms with Gasteiger partial charge in [-0.15, -0.1) is 0 Å². The van der Waals surface area contributed by atoms with Crippen molar-refractivity contribution in [1.82, 2.24) is 9.78 Å². The number of hydrogen-bond donors (Lipinski definition) is 1. The first-order valence-corrected chi connectivity index (χ1v) is 4.51. The van der Waals surface area contributed by atoms with Gasteiger partial charge in [-0.2, -0.15) is 5.10 Å². The molecule has 1 aliphatic rings. The van der Waals surface area contributed by atoms with E-state index in [4.69, 9.17) is 5.11 Å². The molecule has 70 valence electrons. The Morgan fingerprint density at radius 1 is 1.69 bits per heavy atom. The van der Waals surface area contributed by atoms with Gasteiger partial charge in [0.15, 0.2) is 0 Å². The van der Waals surface area contributed by atoms with E-state index in [0.29, 0.717) is 0 Å². The first-order chi connectivity index (χ1) is 6.25. The number of aromatic carboxylic acids is 1. The smallest absolute Gasteiger partial charge is 0.338 e. The standard InChI is InChI=1S/C9H12N2O2/c12-9(13)8-5-10-11(6-8)4-3-7-1-2-7/h5-7H,1-4H2,(H,12,13). The number of carboxylic acids is 1. The van der Waals surface area contributed by atoms with Crippen LogP contribution in [0.1, 0.15) is 29.6 Å². The van der Waals surface area contributed by atoms with E-state index in [1.165, 1.54) is 19.0 Å². The Labute approximate surface area is 76.2 Å². The fourth-order valence-corrected chi connectivity index (χ4v) is 1.32. The van der Waals surface area contributed by atoms with E-state index in [2.05, 4.69) is 5.10 Å². The SMILES string of the molecule is O=C(O)c1cnn(CCC2CC2)c1. The van der Waals surface area contributed by atoms with Crippen molar-refractivity contribution >= 4 is 5.97 Å². The molecule has 0 unspecified atom stereocenters. The molecule has 0 saturated heterocycles. The van der Waals surface area contributed by atoms with Crippen LogP contribution in [0.2, 0.25) is 0 Å². The molecule has 1 aliphatic carbocycles. The van der Waals surface area contributed by atoms with E-state index >= 15 is 0 Å². The Hall–Kier alpha value is -1.32. The molecule has 0 aromatic carbocycles. The minimum Gasteiger partial charge on any atom is -0.478 e. The van der Waals surface area contributed by atoms with E-state index in [0.717, 1.165) is 18.9 Å². The van der Waals surface area contributed by atoms with Gasteiger partial charge in [0.1, 0.15) is 0 Å². The number of nitrogens with zero attached hydrogens (tertiary/aromatic N) is 2. The van der Waals surface area contributed by atoms with Crippen LogP contribution in [-0.4, -0.2) is 20.9 Å². The van der Waals surface area contributed by atoms with Crippen molar-refractivity contribution in [2.45, 2.75) is 25.8 Å². The van der Waals surface area contributed by atoms with Crippen molar-refractivity contribution < 1.29 is 9.90 Å². The highest BCUT2D eigenvalue weighted by Crippen LogP contribution is 2.32. The summed E-state index contributed by atoms with van der Waals surface area (Å²) in [6.45, 7) is 0.845. The fraction of sp³-hybridized carbons (Fsp3) is 0.556. The molecule has 2 rings (SSSR count). The Morgan fingerprint density at radius 3 is 3.00 bits per heavy atom. The molecule has 0 atom stereocenters. The van der Waals surface area contributed by atoms with Gasteiger partial charge in [-0.3, -0.25) is 4.68 Å². The second-order valence-corrected chi connectivity index (χ2v) is 3.53. The van der Waals surface area contributed by atoms with E-state index in [-0.39, 0.29) is 5.56 Å². The van der Waals surface area contributed by atoms with Crippen molar-refractivity contribution in [2.24, 2.45) is 5.92 Å². The van der Waals surface area contributed by atoms with E-state index < -0.39 is 5.97 Å². The summed E-state index contributed by atoms with van der Waals surface area (Å²) >= 11 is 0. The van der Waals surface area contributed by atoms with Crippen LogP contribution in [0.3, 0.4) is 0 Å². The number of hydrogen-bond acceptors (Lipinski definition) is 2. The molecule has 1 saturated carbocycles. The van der Waals surface area contributed by atoms with Gasteiger partial charge in [-0.1, -0.05) is 12.8 Å². The third-order valence-electron chi connectivity index (χ3n) is 2.34. The number of rotatable bonds is 4. The molecular formula is C9H12N2O2. The van der Waals surface area contributed by atoms with Crippen molar-refractivity contribution in [2.75, 3.05) is 0 Å². The Kier molecular flexibility index (Phi) is 2.04. The normalized spacial score (nSPS) is 16.0. The fourth-order valence-electron chi connectivity index (χ4n) is 1.32. The van der Waals surface area contributed by atoms with Gasteiger partial charge in [-0.05, 0) is 12.3 Å². The van der Waals surface area contributed by atoms with Crippen molar-refractivity contribution in [3.05, 3.63) is 18.0 Å². The molecule has 0 amide bonds. The molecule has 0 aliphatic heterocycles. The quantitative estimate of drug-likeness (QED) is 0.761. The molecular weight excluding hydrogens is 168 g/mol. The van der Waals surface area contributed by atoms with Crippen LogP contribution in [0.15, 0.2) is 12.4 Å². The largest absolute Gasteiger partial charge is 0.478 e. The van der Waals surface area contributed by atoms with Crippen LogP contribution in [0.5, 0.6) is 0 Å². The number of carbonyl (C=O) groups is 1. The van der Waals surface area contributed by atoms with Crippen molar-refractivity contribution in [3.63, 3.8) is 0 Å². The lowest BCUT2D eigenvalue weighted by Gasteiger charge is -1.97. The van der Waals surface area contributed by atoms with Crippen LogP contribution >= 0.6 is 0 Å². The average molecular weight is 180 g/mol. The Morgan fingerprint density at radius 2 is 2.46 bits per heavy atom. The zero-order chi connectivity index (χ0) is 9.26. The van der Waals surface area contributed by atoms with Crippen LogP contribution < -0.4 is 0 Å². The van der Waals surface area contributed by atoms with Gasteiger partial charge < -0.3 is 5.11 Å². The highest BCUT2D eigenvalue weighted by molar-refractivity contribution is 5.86. The lowest BCUT2D eigenvalue weighted by atomic mass is 10.3. The monoisotopic (exact) mass is 180 g/mol. The van der Waals surface area contributed by atoms with Gasteiger partial charge in [0.05, 0.1) is 11.8 Å². The third kappa shape index (κ3) is 2.08. The second-order valence-electron chi connectivity index (χ2n) is 3.53. The summed E-state index contributed by atoms with van der Waals surface area (Å²) in [5.41, 5.74) is 0.274. The first-order valence-electron chi connectivity index (χ1n) is 4.51. The summed E-state index contributed by atoms with van der Waals surface area (Å²) in [6, 6.07) is 0. The summed E-state index contributed by atoms with van der Waals surface area (Å²) in [5.74, 6) is -0.0462. The molecule has 0 spiro atoms. The van der Waals surface area contributed by atoms with E-state index in [1.807, 2.05) is 0 Å². The Bertz CT molecular complexity index is 315. The molecule has 1 aromatic rings. The van der Waals surface area contributed by atoms with Gasteiger partial charge in [0, 0.05) is 12.7 Å². The predicted molar refractivity (Wildman–Crippen MR) is 46.5 cm³/mol. The second kappa shape index (κ2) is 3.20. The molecule has 0 bridgehead atoms. The molecule has 1 aromatic heterocycles. The molecule has 13 heavy (non-hydrogen) atoms. The van der Waals surface area contributed by atoms with Gasteiger partial charge in [-0.25, -0.2) is 4.79 Å². The summed E-state index contributed by atoms with van der Waals surface area (Å²) in [5, 5.41) is 12.6. The zero-order valence-corrected chi connectivity index (χ0v) is 7.31. The molecule has 0 radical (unpaired) electrons. The van der Waals surface area contributed by atoms with Gasteiger partial charge >= 0.3 is 5.97 Å². The lowest BCUT2D eigenvalue weighted by molar-refractivity contribution is 0.0697. The van der Waals surface area contributed by atoms with E-state index in [9.17, 15) is 4.79 Å². The Balaban J connectivity index is 1.92. The maximum atomic E-state index is 10.5. The summed E-state index contributed by atoms with van der Waals surface area (Å²) in [7, 11) is 0. The molecule has 1 N–H and O–H groups in total.